The summed E-state index contributed by atoms with van der Waals surface area (Å²) in [6.07, 6.45) is 6.40. The van der Waals surface area contributed by atoms with Crippen molar-refractivity contribution < 1.29 is 0 Å². The van der Waals surface area contributed by atoms with Crippen molar-refractivity contribution in [1.82, 2.24) is 9.38 Å². The van der Waals surface area contributed by atoms with Gasteiger partial charge in [0.1, 0.15) is 5.82 Å². The fourth-order valence-electron chi connectivity index (χ4n) is 2.28. The van der Waals surface area contributed by atoms with Gasteiger partial charge in [-0.05, 0) is 36.5 Å². The minimum Gasteiger partial charge on any atom is -0.398 e. The lowest BCUT2D eigenvalue weighted by Crippen LogP contribution is -2.11. The molecule has 0 atom stereocenters. The lowest BCUT2D eigenvalue weighted by Gasteiger charge is -2.20. The van der Waals surface area contributed by atoms with Gasteiger partial charge in [0.15, 0.2) is 0 Å². The second kappa shape index (κ2) is 4.01. The third-order valence-corrected chi connectivity index (χ3v) is 4.21. The Morgan fingerprint density at radius 1 is 1.31 bits per heavy atom. The van der Waals surface area contributed by atoms with Crippen molar-refractivity contribution in [3.05, 3.63) is 30.4 Å². The van der Waals surface area contributed by atoms with Crippen LogP contribution in [0, 0.1) is 0 Å². The number of rotatable bonds is 1. The Bertz CT molecular complexity index is 500. The van der Waals surface area contributed by atoms with E-state index in [0.717, 1.165) is 11.2 Å². The van der Waals surface area contributed by atoms with E-state index in [2.05, 4.69) is 9.38 Å². The highest BCUT2D eigenvalue weighted by Gasteiger charge is 2.19. The summed E-state index contributed by atoms with van der Waals surface area (Å²) >= 11 is 2.04. The van der Waals surface area contributed by atoms with E-state index in [-0.39, 0.29) is 0 Å². The van der Waals surface area contributed by atoms with Crippen LogP contribution in [0.15, 0.2) is 24.5 Å². The van der Waals surface area contributed by atoms with E-state index in [9.17, 15) is 0 Å². The molecule has 1 fully saturated rings. The van der Waals surface area contributed by atoms with Crippen LogP contribution in [-0.4, -0.2) is 20.9 Å². The van der Waals surface area contributed by atoms with Crippen LogP contribution in [0.3, 0.4) is 0 Å². The van der Waals surface area contributed by atoms with Gasteiger partial charge in [-0.1, -0.05) is 0 Å². The van der Waals surface area contributed by atoms with Crippen LogP contribution in [0.1, 0.15) is 24.6 Å². The van der Waals surface area contributed by atoms with Crippen molar-refractivity contribution in [2.24, 2.45) is 0 Å². The van der Waals surface area contributed by atoms with Crippen molar-refractivity contribution in [2.75, 3.05) is 17.2 Å². The van der Waals surface area contributed by atoms with E-state index in [1.54, 1.807) is 0 Å². The minimum atomic E-state index is 0.602. The molecule has 2 aromatic rings. The van der Waals surface area contributed by atoms with Crippen molar-refractivity contribution >= 4 is 23.0 Å². The quantitative estimate of drug-likeness (QED) is 0.823. The predicted molar refractivity (Wildman–Crippen MR) is 68.9 cm³/mol. The molecule has 84 valence electrons. The average molecular weight is 233 g/mol. The summed E-state index contributed by atoms with van der Waals surface area (Å²) in [5.41, 5.74) is 7.77. The SMILES string of the molecule is Nc1ccc2cnc(C3CCSCC3)n2c1. The van der Waals surface area contributed by atoms with E-state index in [0.29, 0.717) is 5.92 Å². The summed E-state index contributed by atoms with van der Waals surface area (Å²) in [7, 11) is 0. The van der Waals surface area contributed by atoms with Crippen LogP contribution < -0.4 is 5.73 Å². The van der Waals surface area contributed by atoms with Gasteiger partial charge >= 0.3 is 0 Å². The third-order valence-electron chi connectivity index (χ3n) is 3.17. The predicted octanol–water partition coefficient (Wildman–Crippen LogP) is 2.53. The van der Waals surface area contributed by atoms with Gasteiger partial charge in [0.2, 0.25) is 0 Å². The molecule has 0 radical (unpaired) electrons. The van der Waals surface area contributed by atoms with Gasteiger partial charge in [-0.15, -0.1) is 0 Å². The molecule has 0 aromatic carbocycles. The van der Waals surface area contributed by atoms with Gasteiger partial charge in [-0.25, -0.2) is 4.98 Å². The number of nitrogens with two attached hydrogens (primary N) is 1. The molecule has 3 nitrogen and oxygen atoms in total. The molecular formula is C12H15N3S. The van der Waals surface area contributed by atoms with E-state index < -0.39 is 0 Å². The van der Waals surface area contributed by atoms with E-state index in [1.165, 1.54) is 30.2 Å². The lowest BCUT2D eigenvalue weighted by molar-refractivity contribution is 0.596. The maximum Gasteiger partial charge on any atom is 0.116 e. The summed E-state index contributed by atoms with van der Waals surface area (Å²) in [6.45, 7) is 0. The number of nitrogen functional groups attached to an aromatic ring is 1. The van der Waals surface area contributed by atoms with Crippen LogP contribution in [-0.2, 0) is 0 Å². The Morgan fingerprint density at radius 3 is 2.94 bits per heavy atom. The molecule has 0 bridgehead atoms. The summed E-state index contributed by atoms with van der Waals surface area (Å²) < 4.78 is 2.15. The zero-order valence-corrected chi connectivity index (χ0v) is 9.91. The number of hydrogen-bond acceptors (Lipinski definition) is 3. The Morgan fingerprint density at radius 2 is 2.12 bits per heavy atom. The molecule has 0 aliphatic carbocycles. The first kappa shape index (κ1) is 10.0. The topological polar surface area (TPSA) is 43.3 Å². The number of nitrogens with zero attached hydrogens (tertiary/aromatic N) is 2. The average Bonchev–Trinajstić information content (AvgIpc) is 2.73. The highest BCUT2D eigenvalue weighted by Crippen LogP contribution is 2.31. The molecule has 0 spiro atoms. The minimum absolute atomic E-state index is 0.602. The molecule has 1 saturated heterocycles. The molecule has 2 N–H and O–H groups in total. The zero-order valence-electron chi connectivity index (χ0n) is 9.10. The number of imidazole rings is 1. The van der Waals surface area contributed by atoms with Gasteiger partial charge in [0.05, 0.1) is 11.7 Å². The fourth-order valence-corrected chi connectivity index (χ4v) is 3.39. The molecule has 0 saturated carbocycles. The van der Waals surface area contributed by atoms with Crippen LogP contribution >= 0.6 is 11.8 Å². The van der Waals surface area contributed by atoms with Crippen molar-refractivity contribution in [3.8, 4) is 0 Å². The third kappa shape index (κ3) is 1.67. The molecule has 4 heteroatoms. The van der Waals surface area contributed by atoms with Crippen LogP contribution in [0.25, 0.3) is 5.52 Å². The van der Waals surface area contributed by atoms with E-state index in [1.807, 2.05) is 36.3 Å². The first-order valence-corrected chi connectivity index (χ1v) is 6.80. The second-order valence-electron chi connectivity index (χ2n) is 4.26. The molecule has 0 amide bonds. The Kier molecular flexibility index (Phi) is 2.52. The van der Waals surface area contributed by atoms with Gasteiger partial charge in [0, 0.05) is 17.8 Å². The van der Waals surface area contributed by atoms with Crippen LogP contribution in [0.2, 0.25) is 0 Å². The Hall–Kier alpha value is -1.16. The van der Waals surface area contributed by atoms with Gasteiger partial charge in [-0.2, -0.15) is 11.8 Å². The lowest BCUT2D eigenvalue weighted by atomic mass is 10.0. The number of fused-ring (bicyclic) bond motifs is 1. The number of hydrogen-bond donors (Lipinski definition) is 1. The highest BCUT2D eigenvalue weighted by molar-refractivity contribution is 7.99. The van der Waals surface area contributed by atoms with Gasteiger partial charge in [-0.3, -0.25) is 0 Å². The molecular weight excluding hydrogens is 218 g/mol. The number of thioether (sulfide) groups is 1. The first-order chi connectivity index (χ1) is 7.84. The first-order valence-electron chi connectivity index (χ1n) is 5.65. The fraction of sp³-hybridized carbons (Fsp3) is 0.417. The smallest absolute Gasteiger partial charge is 0.116 e. The summed E-state index contributed by atoms with van der Waals surface area (Å²) in [6, 6.07) is 3.96. The number of aromatic nitrogens is 2. The van der Waals surface area contributed by atoms with Crippen molar-refractivity contribution in [1.29, 1.82) is 0 Å². The Balaban J connectivity index is 2.05. The van der Waals surface area contributed by atoms with Crippen molar-refractivity contribution in [3.63, 3.8) is 0 Å². The van der Waals surface area contributed by atoms with E-state index in [4.69, 9.17) is 5.73 Å². The standard InChI is InChI=1S/C12H15N3S/c13-10-1-2-11-7-14-12(15(11)8-10)9-3-5-16-6-4-9/h1-2,7-9H,3-6,13H2. The molecule has 3 heterocycles. The van der Waals surface area contributed by atoms with Crippen LogP contribution in [0.4, 0.5) is 5.69 Å². The van der Waals surface area contributed by atoms with Gasteiger partial charge in [0.25, 0.3) is 0 Å². The normalized spacial score (nSPS) is 18.0. The summed E-state index contributed by atoms with van der Waals surface area (Å²) in [4.78, 5) is 4.56. The largest absolute Gasteiger partial charge is 0.398 e. The molecule has 0 unspecified atom stereocenters. The maximum atomic E-state index is 5.83. The molecule has 16 heavy (non-hydrogen) atoms. The number of pyridine rings is 1. The Labute approximate surface area is 99.1 Å². The van der Waals surface area contributed by atoms with Gasteiger partial charge < -0.3 is 10.1 Å². The summed E-state index contributed by atoms with van der Waals surface area (Å²) in [5, 5.41) is 0. The molecule has 1 aliphatic rings. The highest BCUT2D eigenvalue weighted by atomic mass is 32.2. The van der Waals surface area contributed by atoms with Crippen LogP contribution in [0.5, 0.6) is 0 Å². The maximum absolute atomic E-state index is 5.83. The monoisotopic (exact) mass is 233 g/mol. The molecule has 1 aliphatic heterocycles. The molecule has 3 rings (SSSR count). The second-order valence-corrected chi connectivity index (χ2v) is 5.49. The molecule has 2 aromatic heterocycles. The number of anilines is 1. The van der Waals surface area contributed by atoms with Crippen molar-refractivity contribution in [2.45, 2.75) is 18.8 Å². The summed E-state index contributed by atoms with van der Waals surface area (Å²) in [5.74, 6) is 4.29. The van der Waals surface area contributed by atoms with E-state index >= 15 is 0 Å². The zero-order chi connectivity index (χ0) is 11.0.